The highest BCUT2D eigenvalue weighted by Gasteiger charge is 2.35. The van der Waals surface area contributed by atoms with Crippen molar-refractivity contribution in [2.75, 3.05) is 11.9 Å². The Morgan fingerprint density at radius 1 is 1.00 bits per heavy atom. The molecule has 0 amide bonds. The van der Waals surface area contributed by atoms with E-state index in [4.69, 9.17) is 0 Å². The summed E-state index contributed by atoms with van der Waals surface area (Å²) < 4.78 is 0. The predicted molar refractivity (Wildman–Crippen MR) is 81.9 cm³/mol. The lowest BCUT2D eigenvalue weighted by molar-refractivity contribution is 0.0974. The number of hydrogen-bond donors (Lipinski definition) is 3. The van der Waals surface area contributed by atoms with Crippen LogP contribution in [0.25, 0.3) is 0 Å². The minimum atomic E-state index is -0.460. The highest BCUT2D eigenvalue weighted by atomic mass is 16.3. The van der Waals surface area contributed by atoms with E-state index in [1.807, 2.05) is 6.92 Å². The summed E-state index contributed by atoms with van der Waals surface area (Å²) in [5.41, 5.74) is 0.454. The molecule has 0 aliphatic heterocycles. The average molecular weight is 297 g/mol. The van der Waals surface area contributed by atoms with Crippen LogP contribution in [0.1, 0.15) is 45.2 Å². The molecule has 0 fully saturated rings. The van der Waals surface area contributed by atoms with E-state index in [0.29, 0.717) is 6.54 Å². The van der Waals surface area contributed by atoms with Gasteiger partial charge in [0, 0.05) is 23.7 Å². The van der Waals surface area contributed by atoms with Gasteiger partial charge in [0.1, 0.15) is 5.75 Å². The lowest BCUT2D eigenvalue weighted by Crippen LogP contribution is -2.21. The molecule has 0 saturated carbocycles. The van der Waals surface area contributed by atoms with Gasteiger partial charge in [-0.1, -0.05) is 31.2 Å². The quantitative estimate of drug-likeness (QED) is 0.511. The Morgan fingerprint density at radius 2 is 1.59 bits per heavy atom. The molecule has 2 aromatic rings. The smallest absolute Gasteiger partial charge is 0.198 e. The number of anilines is 1. The van der Waals surface area contributed by atoms with Gasteiger partial charge in [-0.05, 0) is 6.42 Å². The van der Waals surface area contributed by atoms with Gasteiger partial charge in [-0.15, -0.1) is 0 Å². The zero-order valence-corrected chi connectivity index (χ0v) is 12.0. The summed E-state index contributed by atoms with van der Waals surface area (Å²) in [7, 11) is 0. The minimum Gasteiger partial charge on any atom is -0.507 e. The first-order chi connectivity index (χ1) is 10.6. The van der Waals surface area contributed by atoms with Crippen molar-refractivity contribution in [3.8, 4) is 11.5 Å². The van der Waals surface area contributed by atoms with E-state index in [0.717, 1.165) is 6.42 Å². The second kappa shape index (κ2) is 5.18. The van der Waals surface area contributed by atoms with E-state index in [1.165, 1.54) is 12.1 Å². The van der Waals surface area contributed by atoms with Gasteiger partial charge in [0.2, 0.25) is 0 Å². The minimum absolute atomic E-state index is 0.136. The fraction of sp³-hybridized carbons (Fsp3) is 0.176. The maximum Gasteiger partial charge on any atom is 0.198 e. The van der Waals surface area contributed by atoms with E-state index in [-0.39, 0.29) is 39.4 Å². The molecule has 2 aromatic carbocycles. The van der Waals surface area contributed by atoms with E-state index in [9.17, 15) is 19.8 Å². The molecule has 1 aliphatic rings. The van der Waals surface area contributed by atoms with E-state index >= 15 is 0 Å². The first kappa shape index (κ1) is 14.1. The van der Waals surface area contributed by atoms with Crippen molar-refractivity contribution in [3.63, 3.8) is 0 Å². The Balaban J connectivity index is 2.24. The molecule has 22 heavy (non-hydrogen) atoms. The third-order valence-corrected chi connectivity index (χ3v) is 3.72. The van der Waals surface area contributed by atoms with Crippen molar-refractivity contribution in [3.05, 3.63) is 52.6 Å². The maximum absolute atomic E-state index is 12.6. The van der Waals surface area contributed by atoms with Crippen molar-refractivity contribution in [1.82, 2.24) is 0 Å². The first-order valence-corrected chi connectivity index (χ1v) is 7.07. The van der Waals surface area contributed by atoms with Gasteiger partial charge in [-0.25, -0.2) is 0 Å². The fourth-order valence-corrected chi connectivity index (χ4v) is 2.65. The number of nitrogens with one attached hydrogen (secondary N) is 1. The summed E-state index contributed by atoms with van der Waals surface area (Å²) in [4.78, 5) is 25.1. The van der Waals surface area contributed by atoms with Crippen molar-refractivity contribution >= 4 is 17.3 Å². The zero-order chi connectivity index (χ0) is 15.9. The van der Waals surface area contributed by atoms with Gasteiger partial charge in [0.25, 0.3) is 0 Å². The number of phenols is 2. The topological polar surface area (TPSA) is 86.6 Å². The summed E-state index contributed by atoms with van der Waals surface area (Å²) in [6, 6.07) is 7.68. The summed E-state index contributed by atoms with van der Waals surface area (Å²) in [5.74, 6) is -1.52. The predicted octanol–water partition coefficient (Wildman–Crippen LogP) is 2.70. The number of benzene rings is 2. The molecule has 1 aliphatic carbocycles. The standard InChI is InChI=1S/C17H15NO4/c1-2-7-18-11-8-12(19)13-14(17(11)22)16(21)10-6-4-3-5-9(10)15(13)20/h3-6,8,18-19,22H,2,7H2,1H3. The molecule has 0 spiro atoms. The molecule has 0 bridgehead atoms. The van der Waals surface area contributed by atoms with Crippen LogP contribution < -0.4 is 5.32 Å². The zero-order valence-electron chi connectivity index (χ0n) is 12.0. The van der Waals surface area contributed by atoms with Crippen molar-refractivity contribution in [2.45, 2.75) is 13.3 Å². The van der Waals surface area contributed by atoms with Gasteiger partial charge in [0.05, 0.1) is 16.8 Å². The molecular formula is C17H15NO4. The lowest BCUT2D eigenvalue weighted by Gasteiger charge is -2.21. The van der Waals surface area contributed by atoms with Crippen molar-refractivity contribution in [1.29, 1.82) is 0 Å². The van der Waals surface area contributed by atoms with Crippen LogP contribution >= 0.6 is 0 Å². The second-order valence-electron chi connectivity index (χ2n) is 5.17. The fourth-order valence-electron chi connectivity index (χ4n) is 2.65. The Kier molecular flexibility index (Phi) is 3.33. The molecule has 5 heteroatoms. The van der Waals surface area contributed by atoms with E-state index in [2.05, 4.69) is 5.32 Å². The molecule has 112 valence electrons. The molecule has 3 rings (SSSR count). The Hall–Kier alpha value is -2.82. The molecule has 0 atom stereocenters. The number of carbonyl (C=O) groups is 2. The summed E-state index contributed by atoms with van der Waals surface area (Å²) in [6.07, 6.45) is 0.812. The van der Waals surface area contributed by atoms with Gasteiger partial charge in [-0.3, -0.25) is 9.59 Å². The largest absolute Gasteiger partial charge is 0.507 e. The van der Waals surface area contributed by atoms with Crippen LogP contribution in [-0.2, 0) is 0 Å². The Labute approximate surface area is 127 Å². The lowest BCUT2D eigenvalue weighted by atomic mass is 9.82. The van der Waals surface area contributed by atoms with Gasteiger partial charge in [-0.2, -0.15) is 0 Å². The molecule has 0 unspecified atom stereocenters. The normalized spacial score (nSPS) is 12.8. The molecule has 0 aromatic heterocycles. The SMILES string of the molecule is CCCNc1cc(O)c2c(c1O)C(=O)c1ccccc1C2=O. The van der Waals surface area contributed by atoms with Crippen molar-refractivity contribution in [2.24, 2.45) is 0 Å². The van der Waals surface area contributed by atoms with Crippen LogP contribution in [0.2, 0.25) is 0 Å². The highest BCUT2D eigenvalue weighted by Crippen LogP contribution is 2.42. The average Bonchev–Trinajstić information content (AvgIpc) is 2.53. The molecule has 0 radical (unpaired) electrons. The molecule has 5 nitrogen and oxygen atoms in total. The van der Waals surface area contributed by atoms with E-state index < -0.39 is 11.6 Å². The van der Waals surface area contributed by atoms with Crippen LogP contribution in [0.4, 0.5) is 5.69 Å². The van der Waals surface area contributed by atoms with E-state index in [1.54, 1.807) is 18.2 Å². The number of ketones is 2. The van der Waals surface area contributed by atoms with Crippen LogP contribution in [0.15, 0.2) is 30.3 Å². The number of aromatic hydroxyl groups is 2. The Morgan fingerprint density at radius 3 is 2.18 bits per heavy atom. The summed E-state index contributed by atoms with van der Waals surface area (Å²) >= 11 is 0. The van der Waals surface area contributed by atoms with Crippen LogP contribution in [0.5, 0.6) is 11.5 Å². The second-order valence-corrected chi connectivity index (χ2v) is 5.17. The number of phenolic OH excluding ortho intramolecular Hbond substituents is 2. The number of fused-ring (bicyclic) bond motifs is 2. The highest BCUT2D eigenvalue weighted by molar-refractivity contribution is 6.30. The third-order valence-electron chi connectivity index (χ3n) is 3.72. The number of hydrogen-bond acceptors (Lipinski definition) is 5. The summed E-state index contributed by atoms with van der Waals surface area (Å²) in [6.45, 7) is 2.53. The molecule has 0 heterocycles. The van der Waals surface area contributed by atoms with Crippen LogP contribution in [0, 0.1) is 0 Å². The van der Waals surface area contributed by atoms with Crippen LogP contribution in [-0.4, -0.2) is 28.3 Å². The van der Waals surface area contributed by atoms with Crippen molar-refractivity contribution < 1.29 is 19.8 Å². The molecule has 3 N–H and O–H groups in total. The van der Waals surface area contributed by atoms with Gasteiger partial charge >= 0.3 is 0 Å². The maximum atomic E-state index is 12.6. The third kappa shape index (κ3) is 1.94. The first-order valence-electron chi connectivity index (χ1n) is 7.07. The summed E-state index contributed by atoms with van der Waals surface area (Å²) in [5, 5.41) is 23.4. The Bertz CT molecular complexity index is 795. The number of rotatable bonds is 3. The molecular weight excluding hydrogens is 282 g/mol. The molecule has 0 saturated heterocycles. The monoisotopic (exact) mass is 297 g/mol. The number of carbonyl (C=O) groups excluding carboxylic acids is 2. The van der Waals surface area contributed by atoms with Crippen LogP contribution in [0.3, 0.4) is 0 Å². The van der Waals surface area contributed by atoms with Gasteiger partial charge in [0.15, 0.2) is 17.3 Å². The van der Waals surface area contributed by atoms with Gasteiger partial charge < -0.3 is 15.5 Å².